The minimum Gasteiger partial charge on any atom is -0.396 e. The smallest absolute Gasteiger partial charge is 0.151 e. The van der Waals surface area contributed by atoms with E-state index >= 15 is 0 Å². The van der Waals surface area contributed by atoms with Gasteiger partial charge in [0.15, 0.2) is 5.82 Å². The third-order valence-electron chi connectivity index (χ3n) is 2.59. The van der Waals surface area contributed by atoms with Crippen LogP contribution in [-0.2, 0) is 4.74 Å². The van der Waals surface area contributed by atoms with Gasteiger partial charge in [-0.15, -0.1) is 0 Å². The fourth-order valence-electron chi connectivity index (χ4n) is 1.79. The summed E-state index contributed by atoms with van der Waals surface area (Å²) in [6.45, 7) is 1.86. The summed E-state index contributed by atoms with van der Waals surface area (Å²) in [5.41, 5.74) is 6.58. The lowest BCUT2D eigenvalue weighted by atomic mass is 10.3. The SMILES string of the molecule is COC1CCN(c2ncccc2N)C1. The van der Waals surface area contributed by atoms with Gasteiger partial charge in [0, 0.05) is 26.4 Å². The highest BCUT2D eigenvalue weighted by atomic mass is 16.5. The van der Waals surface area contributed by atoms with Crippen molar-refractivity contribution in [1.82, 2.24) is 4.98 Å². The fraction of sp³-hybridized carbons (Fsp3) is 0.500. The van der Waals surface area contributed by atoms with Crippen LogP contribution < -0.4 is 10.6 Å². The Kier molecular flexibility index (Phi) is 2.54. The Balaban J connectivity index is 2.13. The number of pyridine rings is 1. The topological polar surface area (TPSA) is 51.4 Å². The van der Waals surface area contributed by atoms with Crippen molar-refractivity contribution in [2.24, 2.45) is 0 Å². The summed E-state index contributed by atoms with van der Waals surface area (Å²) in [6, 6.07) is 3.73. The number of hydrogen-bond donors (Lipinski definition) is 1. The normalized spacial score (nSPS) is 21.5. The van der Waals surface area contributed by atoms with Crippen molar-refractivity contribution in [3.63, 3.8) is 0 Å². The first-order valence-corrected chi connectivity index (χ1v) is 4.79. The molecule has 4 nitrogen and oxygen atoms in total. The first kappa shape index (κ1) is 9.27. The van der Waals surface area contributed by atoms with E-state index in [0.29, 0.717) is 6.10 Å². The van der Waals surface area contributed by atoms with Gasteiger partial charge in [-0.05, 0) is 18.6 Å². The molecule has 1 unspecified atom stereocenters. The highest BCUT2D eigenvalue weighted by Gasteiger charge is 2.23. The highest BCUT2D eigenvalue weighted by molar-refractivity contribution is 5.62. The zero-order valence-electron chi connectivity index (χ0n) is 8.31. The molecule has 2 heterocycles. The largest absolute Gasteiger partial charge is 0.396 e. The molecule has 1 fully saturated rings. The van der Waals surface area contributed by atoms with Gasteiger partial charge in [0.25, 0.3) is 0 Å². The van der Waals surface area contributed by atoms with Crippen LogP contribution in [0.4, 0.5) is 11.5 Å². The van der Waals surface area contributed by atoms with Gasteiger partial charge in [-0.25, -0.2) is 4.98 Å². The van der Waals surface area contributed by atoms with Crippen molar-refractivity contribution in [3.8, 4) is 0 Å². The monoisotopic (exact) mass is 193 g/mol. The molecule has 0 bridgehead atoms. The van der Waals surface area contributed by atoms with E-state index in [0.717, 1.165) is 31.0 Å². The molecule has 1 atom stereocenters. The Hall–Kier alpha value is -1.29. The average Bonchev–Trinajstić information content (AvgIpc) is 2.67. The molecule has 0 radical (unpaired) electrons. The summed E-state index contributed by atoms with van der Waals surface area (Å²) in [7, 11) is 1.75. The number of nitrogen functional groups attached to an aromatic ring is 1. The Morgan fingerprint density at radius 1 is 1.64 bits per heavy atom. The van der Waals surface area contributed by atoms with Gasteiger partial charge in [0.05, 0.1) is 11.8 Å². The molecule has 1 aliphatic rings. The molecule has 0 amide bonds. The predicted molar refractivity (Wildman–Crippen MR) is 56.3 cm³/mol. The quantitative estimate of drug-likeness (QED) is 0.757. The minimum absolute atomic E-state index is 0.316. The van der Waals surface area contributed by atoms with Crippen molar-refractivity contribution >= 4 is 11.5 Å². The summed E-state index contributed by atoms with van der Waals surface area (Å²) in [4.78, 5) is 6.44. The minimum atomic E-state index is 0.316. The number of nitrogens with two attached hydrogens (primary N) is 1. The molecule has 1 saturated heterocycles. The first-order chi connectivity index (χ1) is 6.81. The van der Waals surface area contributed by atoms with E-state index in [1.54, 1.807) is 13.3 Å². The second-order valence-electron chi connectivity index (χ2n) is 3.51. The summed E-state index contributed by atoms with van der Waals surface area (Å²) < 4.78 is 5.29. The number of methoxy groups -OCH3 is 1. The van der Waals surface area contributed by atoms with Gasteiger partial charge in [-0.2, -0.15) is 0 Å². The van der Waals surface area contributed by atoms with Crippen molar-refractivity contribution in [2.45, 2.75) is 12.5 Å². The Morgan fingerprint density at radius 3 is 3.14 bits per heavy atom. The lowest BCUT2D eigenvalue weighted by Gasteiger charge is -2.18. The second kappa shape index (κ2) is 3.84. The van der Waals surface area contributed by atoms with Gasteiger partial charge >= 0.3 is 0 Å². The molecule has 0 saturated carbocycles. The van der Waals surface area contributed by atoms with Gasteiger partial charge < -0.3 is 15.4 Å². The summed E-state index contributed by atoms with van der Waals surface area (Å²) in [5, 5.41) is 0. The standard InChI is InChI=1S/C10H15N3O/c1-14-8-4-6-13(7-8)10-9(11)3-2-5-12-10/h2-3,5,8H,4,6-7,11H2,1H3. The average molecular weight is 193 g/mol. The van der Waals surface area contributed by atoms with Crippen molar-refractivity contribution in [2.75, 3.05) is 30.8 Å². The third-order valence-corrected chi connectivity index (χ3v) is 2.59. The molecule has 14 heavy (non-hydrogen) atoms. The predicted octanol–water partition coefficient (Wildman–Crippen LogP) is 0.889. The number of rotatable bonds is 2. The van der Waals surface area contributed by atoms with Crippen LogP contribution in [0.25, 0.3) is 0 Å². The summed E-state index contributed by atoms with van der Waals surface area (Å²) in [6.07, 6.45) is 3.13. The number of ether oxygens (including phenoxy) is 1. The van der Waals surface area contributed by atoms with Crippen molar-refractivity contribution in [1.29, 1.82) is 0 Å². The van der Waals surface area contributed by atoms with E-state index in [-0.39, 0.29) is 0 Å². The molecular weight excluding hydrogens is 178 g/mol. The third kappa shape index (κ3) is 1.65. The Morgan fingerprint density at radius 2 is 2.50 bits per heavy atom. The van der Waals surface area contributed by atoms with E-state index in [1.807, 2.05) is 12.1 Å². The van der Waals surface area contributed by atoms with Crippen LogP contribution in [0.1, 0.15) is 6.42 Å². The maximum absolute atomic E-state index is 5.84. The lowest BCUT2D eigenvalue weighted by Crippen LogP contribution is -2.23. The number of nitrogens with zero attached hydrogens (tertiary/aromatic N) is 2. The van der Waals surface area contributed by atoms with Crippen LogP contribution >= 0.6 is 0 Å². The molecular formula is C10H15N3O. The summed E-state index contributed by atoms with van der Waals surface area (Å²) >= 11 is 0. The molecule has 2 rings (SSSR count). The Labute approximate surface area is 83.7 Å². The lowest BCUT2D eigenvalue weighted by molar-refractivity contribution is 0.121. The van der Waals surface area contributed by atoms with E-state index < -0.39 is 0 Å². The van der Waals surface area contributed by atoms with Crippen LogP contribution in [0.5, 0.6) is 0 Å². The molecule has 1 aromatic rings. The van der Waals surface area contributed by atoms with Crippen molar-refractivity contribution < 1.29 is 4.74 Å². The molecule has 0 aliphatic carbocycles. The van der Waals surface area contributed by atoms with Gasteiger partial charge in [-0.3, -0.25) is 0 Å². The van der Waals surface area contributed by atoms with Crippen LogP contribution in [0.2, 0.25) is 0 Å². The van der Waals surface area contributed by atoms with E-state index in [2.05, 4.69) is 9.88 Å². The molecule has 76 valence electrons. The van der Waals surface area contributed by atoms with Gasteiger partial charge in [0.2, 0.25) is 0 Å². The fourth-order valence-corrected chi connectivity index (χ4v) is 1.79. The molecule has 4 heteroatoms. The van der Waals surface area contributed by atoms with Crippen LogP contribution in [0.3, 0.4) is 0 Å². The molecule has 1 aromatic heterocycles. The number of aromatic nitrogens is 1. The highest BCUT2D eigenvalue weighted by Crippen LogP contribution is 2.24. The maximum Gasteiger partial charge on any atom is 0.151 e. The van der Waals surface area contributed by atoms with E-state index in [4.69, 9.17) is 10.5 Å². The second-order valence-corrected chi connectivity index (χ2v) is 3.51. The molecule has 0 spiro atoms. The van der Waals surface area contributed by atoms with Crippen LogP contribution in [0.15, 0.2) is 18.3 Å². The van der Waals surface area contributed by atoms with E-state index in [9.17, 15) is 0 Å². The van der Waals surface area contributed by atoms with Crippen LogP contribution in [0, 0.1) is 0 Å². The summed E-state index contributed by atoms with van der Waals surface area (Å²) in [5.74, 6) is 0.882. The molecule has 1 aliphatic heterocycles. The Bertz CT molecular complexity index is 316. The maximum atomic E-state index is 5.84. The number of hydrogen-bond acceptors (Lipinski definition) is 4. The zero-order valence-corrected chi connectivity index (χ0v) is 8.31. The van der Waals surface area contributed by atoms with Crippen LogP contribution in [-0.4, -0.2) is 31.3 Å². The molecule has 0 aromatic carbocycles. The van der Waals surface area contributed by atoms with Crippen molar-refractivity contribution in [3.05, 3.63) is 18.3 Å². The van der Waals surface area contributed by atoms with Gasteiger partial charge in [0.1, 0.15) is 0 Å². The number of anilines is 2. The van der Waals surface area contributed by atoms with Gasteiger partial charge in [-0.1, -0.05) is 0 Å². The van der Waals surface area contributed by atoms with E-state index in [1.165, 1.54) is 0 Å². The molecule has 2 N–H and O–H groups in total. The first-order valence-electron chi connectivity index (χ1n) is 4.79. The zero-order chi connectivity index (χ0) is 9.97.